The van der Waals surface area contributed by atoms with E-state index in [2.05, 4.69) is 26.0 Å². The Kier molecular flexibility index (Phi) is 8.18. The third-order valence-electron chi connectivity index (χ3n) is 3.79. The van der Waals surface area contributed by atoms with Crippen LogP contribution in [-0.4, -0.2) is 35.2 Å². The molecule has 0 unspecified atom stereocenters. The number of amides is 1. The molecule has 140 valence electrons. The van der Waals surface area contributed by atoms with Crippen LogP contribution in [0.5, 0.6) is 0 Å². The minimum atomic E-state index is 0.0484. The highest BCUT2D eigenvalue weighted by molar-refractivity contribution is 5.90. The second kappa shape index (κ2) is 10.9. The summed E-state index contributed by atoms with van der Waals surface area (Å²) in [6.45, 7) is 4.31. The number of hydrogen-bond donors (Lipinski definition) is 3. The number of carbonyl (C=O) groups is 1. The van der Waals surface area contributed by atoms with Crippen LogP contribution >= 0.6 is 0 Å². The molecular formula is C19H28N6O. The lowest BCUT2D eigenvalue weighted by atomic mass is 10.2. The van der Waals surface area contributed by atoms with E-state index in [0.717, 1.165) is 43.1 Å². The quantitative estimate of drug-likeness (QED) is 0.366. The molecular weight excluding hydrogens is 328 g/mol. The number of rotatable bonds is 9. The topological polar surface area (TPSA) is 83.3 Å². The molecule has 0 radical (unpaired) electrons. The van der Waals surface area contributed by atoms with Crippen molar-refractivity contribution in [1.82, 2.24) is 20.4 Å². The minimum absolute atomic E-state index is 0.0484. The van der Waals surface area contributed by atoms with Crippen LogP contribution in [0.15, 0.2) is 47.7 Å². The fraction of sp³-hybridized carbons (Fsp3) is 0.421. The molecule has 0 bridgehead atoms. The fourth-order valence-electron chi connectivity index (χ4n) is 2.50. The normalized spacial score (nSPS) is 11.2. The van der Waals surface area contributed by atoms with Crippen LogP contribution in [0.1, 0.15) is 31.7 Å². The average molecular weight is 356 g/mol. The van der Waals surface area contributed by atoms with Gasteiger partial charge < -0.3 is 16.0 Å². The van der Waals surface area contributed by atoms with Gasteiger partial charge in [0.2, 0.25) is 5.91 Å². The van der Waals surface area contributed by atoms with Gasteiger partial charge in [-0.2, -0.15) is 5.10 Å². The van der Waals surface area contributed by atoms with Gasteiger partial charge in [-0.3, -0.25) is 14.5 Å². The van der Waals surface area contributed by atoms with E-state index < -0.39 is 0 Å². The van der Waals surface area contributed by atoms with Crippen LogP contribution in [0.4, 0.5) is 5.69 Å². The van der Waals surface area contributed by atoms with Gasteiger partial charge in [0.15, 0.2) is 5.96 Å². The molecule has 0 fully saturated rings. The van der Waals surface area contributed by atoms with Gasteiger partial charge in [0.05, 0.1) is 0 Å². The van der Waals surface area contributed by atoms with Crippen molar-refractivity contribution in [3.63, 3.8) is 0 Å². The molecule has 1 amide bonds. The number of carbonyl (C=O) groups excluding carboxylic acids is 1. The Balaban J connectivity index is 1.74. The highest BCUT2D eigenvalue weighted by Crippen LogP contribution is 2.11. The molecule has 7 nitrogen and oxygen atoms in total. The molecule has 0 saturated carbocycles. The van der Waals surface area contributed by atoms with E-state index in [9.17, 15) is 4.79 Å². The molecule has 0 atom stereocenters. The van der Waals surface area contributed by atoms with Gasteiger partial charge in [-0.1, -0.05) is 19.1 Å². The molecule has 2 aromatic rings. The van der Waals surface area contributed by atoms with E-state index in [1.807, 2.05) is 48.1 Å². The van der Waals surface area contributed by atoms with Crippen molar-refractivity contribution in [3.8, 4) is 0 Å². The number of nitrogens with one attached hydrogen (secondary N) is 3. The molecule has 0 saturated heterocycles. The van der Waals surface area contributed by atoms with E-state index in [1.165, 1.54) is 0 Å². The Labute approximate surface area is 154 Å². The van der Waals surface area contributed by atoms with Crippen molar-refractivity contribution in [2.45, 2.75) is 39.3 Å². The Hall–Kier alpha value is -2.83. The zero-order valence-corrected chi connectivity index (χ0v) is 15.5. The lowest BCUT2D eigenvalue weighted by Gasteiger charge is -2.13. The lowest BCUT2D eigenvalue weighted by molar-refractivity contribution is -0.116. The Morgan fingerprint density at radius 1 is 1.27 bits per heavy atom. The molecule has 3 N–H and O–H groups in total. The zero-order valence-electron chi connectivity index (χ0n) is 15.5. The number of benzene rings is 1. The monoisotopic (exact) mass is 356 g/mol. The SMILES string of the molecule is CCCC(=O)Nc1cccc(CNC(=NC)NCCCn2cccn2)c1. The number of hydrogen-bond acceptors (Lipinski definition) is 3. The third kappa shape index (κ3) is 6.96. The second-order valence-electron chi connectivity index (χ2n) is 5.97. The number of anilines is 1. The number of guanidine groups is 1. The fourth-order valence-corrected chi connectivity index (χ4v) is 2.50. The molecule has 0 spiro atoms. The highest BCUT2D eigenvalue weighted by Gasteiger charge is 2.03. The van der Waals surface area contributed by atoms with Crippen molar-refractivity contribution in [3.05, 3.63) is 48.3 Å². The molecule has 2 rings (SSSR count). The van der Waals surface area contributed by atoms with Crippen LogP contribution in [0.25, 0.3) is 0 Å². The molecule has 1 aromatic heterocycles. The van der Waals surface area contributed by atoms with E-state index >= 15 is 0 Å². The van der Waals surface area contributed by atoms with E-state index in [1.54, 1.807) is 13.2 Å². The first-order chi connectivity index (χ1) is 12.7. The predicted octanol–water partition coefficient (Wildman–Crippen LogP) is 2.38. The molecule has 1 aromatic carbocycles. The van der Waals surface area contributed by atoms with E-state index in [0.29, 0.717) is 13.0 Å². The summed E-state index contributed by atoms with van der Waals surface area (Å²) in [6, 6.07) is 9.77. The van der Waals surface area contributed by atoms with Gasteiger partial charge in [-0.25, -0.2) is 0 Å². The maximum atomic E-state index is 11.7. The van der Waals surface area contributed by atoms with Crippen LogP contribution in [0, 0.1) is 0 Å². The first-order valence-corrected chi connectivity index (χ1v) is 9.02. The van der Waals surface area contributed by atoms with Crippen molar-refractivity contribution < 1.29 is 4.79 Å². The molecule has 7 heteroatoms. The summed E-state index contributed by atoms with van der Waals surface area (Å²) in [5.74, 6) is 0.804. The van der Waals surface area contributed by atoms with E-state index in [-0.39, 0.29) is 5.91 Å². The van der Waals surface area contributed by atoms with Gasteiger partial charge in [0.25, 0.3) is 0 Å². The largest absolute Gasteiger partial charge is 0.356 e. The summed E-state index contributed by atoms with van der Waals surface area (Å²) in [5.41, 5.74) is 1.91. The summed E-state index contributed by atoms with van der Waals surface area (Å²) in [5, 5.41) is 13.7. The average Bonchev–Trinajstić information content (AvgIpc) is 3.15. The summed E-state index contributed by atoms with van der Waals surface area (Å²) in [4.78, 5) is 15.9. The van der Waals surface area contributed by atoms with Crippen molar-refractivity contribution in [1.29, 1.82) is 0 Å². The van der Waals surface area contributed by atoms with Gasteiger partial charge in [-0.15, -0.1) is 0 Å². The van der Waals surface area contributed by atoms with E-state index in [4.69, 9.17) is 0 Å². The minimum Gasteiger partial charge on any atom is -0.356 e. The molecule has 0 aliphatic rings. The van der Waals surface area contributed by atoms with Crippen molar-refractivity contribution >= 4 is 17.6 Å². The number of aliphatic imine (C=N–C) groups is 1. The van der Waals surface area contributed by atoms with Gasteiger partial charge in [-0.05, 0) is 36.6 Å². The number of nitrogens with zero attached hydrogens (tertiary/aromatic N) is 3. The van der Waals surface area contributed by atoms with Gasteiger partial charge in [0.1, 0.15) is 0 Å². The molecule has 0 aliphatic carbocycles. The van der Waals surface area contributed by atoms with Crippen LogP contribution in [-0.2, 0) is 17.9 Å². The Bertz CT molecular complexity index is 696. The number of aromatic nitrogens is 2. The summed E-state index contributed by atoms with van der Waals surface area (Å²) in [7, 11) is 1.75. The summed E-state index contributed by atoms with van der Waals surface area (Å²) < 4.78 is 1.91. The number of aryl methyl sites for hydroxylation is 1. The lowest BCUT2D eigenvalue weighted by Crippen LogP contribution is -2.37. The second-order valence-corrected chi connectivity index (χ2v) is 5.97. The molecule has 26 heavy (non-hydrogen) atoms. The predicted molar refractivity (Wildman–Crippen MR) is 105 cm³/mol. The van der Waals surface area contributed by atoms with Crippen LogP contribution in [0.3, 0.4) is 0 Å². The van der Waals surface area contributed by atoms with Crippen molar-refractivity contribution in [2.75, 3.05) is 18.9 Å². The zero-order chi connectivity index (χ0) is 18.6. The standard InChI is InChI=1S/C19H28N6O/c1-3-7-18(26)24-17-9-4-8-16(14-17)15-22-19(20-2)21-10-5-12-25-13-6-11-23-25/h4,6,8-9,11,13-14H,3,5,7,10,12,15H2,1-2H3,(H,24,26)(H2,20,21,22). The maximum absolute atomic E-state index is 11.7. The maximum Gasteiger partial charge on any atom is 0.224 e. The first-order valence-electron chi connectivity index (χ1n) is 9.02. The first kappa shape index (κ1) is 19.5. The third-order valence-corrected chi connectivity index (χ3v) is 3.79. The summed E-state index contributed by atoms with van der Waals surface area (Å²) in [6.07, 6.45) is 6.08. The summed E-state index contributed by atoms with van der Waals surface area (Å²) >= 11 is 0. The smallest absolute Gasteiger partial charge is 0.224 e. The van der Waals surface area contributed by atoms with Crippen LogP contribution < -0.4 is 16.0 Å². The van der Waals surface area contributed by atoms with Crippen LogP contribution in [0.2, 0.25) is 0 Å². The Morgan fingerprint density at radius 3 is 2.88 bits per heavy atom. The van der Waals surface area contributed by atoms with Crippen molar-refractivity contribution in [2.24, 2.45) is 4.99 Å². The molecule has 0 aliphatic heterocycles. The Morgan fingerprint density at radius 2 is 2.15 bits per heavy atom. The molecule has 1 heterocycles. The van der Waals surface area contributed by atoms with Gasteiger partial charge in [0, 0.05) is 51.2 Å². The highest BCUT2D eigenvalue weighted by atomic mass is 16.1. The van der Waals surface area contributed by atoms with Gasteiger partial charge >= 0.3 is 0 Å².